The first-order chi connectivity index (χ1) is 7.29. The predicted octanol–water partition coefficient (Wildman–Crippen LogP) is 0.107. The van der Waals surface area contributed by atoms with Gasteiger partial charge in [0, 0.05) is 0 Å². The minimum absolute atomic E-state index is 0.00736. The standard InChI is InChI=1S/C9H16BNO5/c1-9(2,3)16-8(12)11-6-7(10(13)14)4-5-15-11/h4,13-14H,5-6H2,1-3H3. The van der Waals surface area contributed by atoms with Crippen LogP contribution in [0.2, 0.25) is 0 Å². The van der Waals surface area contributed by atoms with E-state index in [9.17, 15) is 4.79 Å². The van der Waals surface area contributed by atoms with Gasteiger partial charge < -0.3 is 14.8 Å². The van der Waals surface area contributed by atoms with Crippen molar-refractivity contribution in [3.05, 3.63) is 11.5 Å². The molecule has 0 unspecified atom stereocenters. The smallest absolute Gasteiger partial charge is 0.442 e. The van der Waals surface area contributed by atoms with Crippen LogP contribution in [0.5, 0.6) is 0 Å². The van der Waals surface area contributed by atoms with Crippen LogP contribution in [0.1, 0.15) is 20.8 Å². The number of nitrogens with zero attached hydrogens (tertiary/aromatic N) is 1. The lowest BCUT2D eigenvalue weighted by atomic mass is 9.78. The van der Waals surface area contributed by atoms with Gasteiger partial charge in [-0.25, -0.2) is 4.79 Å². The van der Waals surface area contributed by atoms with Gasteiger partial charge in [0.1, 0.15) is 5.60 Å². The van der Waals surface area contributed by atoms with Crippen LogP contribution in [-0.2, 0) is 9.57 Å². The molecular weight excluding hydrogens is 213 g/mol. The van der Waals surface area contributed by atoms with E-state index in [-0.39, 0.29) is 13.2 Å². The summed E-state index contributed by atoms with van der Waals surface area (Å²) in [5.41, 5.74) is -0.295. The van der Waals surface area contributed by atoms with Crippen LogP contribution in [0.4, 0.5) is 4.79 Å². The third-order valence-electron chi connectivity index (χ3n) is 1.83. The van der Waals surface area contributed by atoms with Crippen LogP contribution >= 0.6 is 0 Å². The van der Waals surface area contributed by atoms with Gasteiger partial charge >= 0.3 is 13.2 Å². The maximum atomic E-state index is 11.6. The number of hydroxylamine groups is 2. The van der Waals surface area contributed by atoms with Crippen LogP contribution < -0.4 is 0 Å². The van der Waals surface area contributed by atoms with Gasteiger partial charge in [0.05, 0.1) is 13.2 Å². The molecule has 0 saturated carbocycles. The maximum Gasteiger partial charge on any atom is 0.485 e. The van der Waals surface area contributed by atoms with Crippen molar-refractivity contribution in [2.75, 3.05) is 13.2 Å². The van der Waals surface area contributed by atoms with Gasteiger partial charge in [0.2, 0.25) is 0 Å². The first-order valence-electron chi connectivity index (χ1n) is 4.98. The minimum Gasteiger partial charge on any atom is -0.442 e. The third-order valence-corrected chi connectivity index (χ3v) is 1.83. The molecule has 1 heterocycles. The van der Waals surface area contributed by atoms with Crippen LogP contribution in [0, 0.1) is 0 Å². The van der Waals surface area contributed by atoms with Crippen molar-refractivity contribution in [1.29, 1.82) is 0 Å². The number of amides is 1. The molecule has 1 aliphatic rings. The molecule has 0 radical (unpaired) electrons. The van der Waals surface area contributed by atoms with Crippen LogP contribution in [0.3, 0.4) is 0 Å². The van der Waals surface area contributed by atoms with E-state index in [2.05, 4.69) is 0 Å². The zero-order valence-corrected chi connectivity index (χ0v) is 9.64. The molecule has 1 rings (SSSR count). The summed E-state index contributed by atoms with van der Waals surface area (Å²) < 4.78 is 5.08. The van der Waals surface area contributed by atoms with E-state index in [1.807, 2.05) is 0 Å². The Kier molecular flexibility index (Phi) is 3.95. The van der Waals surface area contributed by atoms with Crippen LogP contribution in [-0.4, -0.2) is 47.1 Å². The molecule has 6 nitrogen and oxygen atoms in total. The highest BCUT2D eigenvalue weighted by Gasteiger charge is 2.28. The molecule has 0 aliphatic carbocycles. The Morgan fingerprint density at radius 1 is 1.56 bits per heavy atom. The highest BCUT2D eigenvalue weighted by atomic mass is 16.7. The largest absolute Gasteiger partial charge is 0.485 e. The van der Waals surface area contributed by atoms with E-state index in [0.717, 1.165) is 5.06 Å². The zero-order valence-electron chi connectivity index (χ0n) is 9.64. The number of carbonyl (C=O) groups is 1. The molecule has 16 heavy (non-hydrogen) atoms. The molecular formula is C9H16BNO5. The van der Waals surface area contributed by atoms with Crippen molar-refractivity contribution in [3.63, 3.8) is 0 Å². The second kappa shape index (κ2) is 4.86. The summed E-state index contributed by atoms with van der Waals surface area (Å²) in [6, 6.07) is 0. The van der Waals surface area contributed by atoms with E-state index in [0.29, 0.717) is 5.47 Å². The molecule has 0 saturated heterocycles. The molecule has 0 atom stereocenters. The monoisotopic (exact) mass is 229 g/mol. The lowest BCUT2D eigenvalue weighted by Crippen LogP contribution is -2.42. The lowest BCUT2D eigenvalue weighted by molar-refractivity contribution is -0.137. The fourth-order valence-electron chi connectivity index (χ4n) is 1.13. The molecule has 90 valence electrons. The van der Waals surface area contributed by atoms with Gasteiger partial charge in [-0.05, 0) is 26.2 Å². The van der Waals surface area contributed by atoms with Gasteiger partial charge in [-0.3, -0.25) is 4.84 Å². The fourth-order valence-corrected chi connectivity index (χ4v) is 1.13. The number of ether oxygens (including phenoxy) is 1. The van der Waals surface area contributed by atoms with Crippen molar-refractivity contribution in [1.82, 2.24) is 5.06 Å². The Labute approximate surface area is 94.5 Å². The molecule has 1 aliphatic heterocycles. The minimum atomic E-state index is -1.58. The first-order valence-corrected chi connectivity index (χ1v) is 4.98. The highest BCUT2D eigenvalue weighted by molar-refractivity contribution is 6.50. The van der Waals surface area contributed by atoms with Crippen molar-refractivity contribution < 1.29 is 24.4 Å². The third kappa shape index (κ3) is 3.84. The molecule has 0 aromatic rings. The summed E-state index contributed by atoms with van der Waals surface area (Å²) in [7, 11) is -1.58. The van der Waals surface area contributed by atoms with Gasteiger partial charge in [-0.15, -0.1) is 0 Å². The Morgan fingerprint density at radius 3 is 2.69 bits per heavy atom. The fraction of sp³-hybridized carbons (Fsp3) is 0.667. The number of hydrogen-bond donors (Lipinski definition) is 2. The zero-order chi connectivity index (χ0) is 12.3. The van der Waals surface area contributed by atoms with E-state index in [4.69, 9.17) is 19.6 Å². The van der Waals surface area contributed by atoms with Crippen molar-refractivity contribution in [2.45, 2.75) is 26.4 Å². The topological polar surface area (TPSA) is 79.2 Å². The average molecular weight is 229 g/mol. The number of hydrogen-bond acceptors (Lipinski definition) is 5. The van der Waals surface area contributed by atoms with E-state index < -0.39 is 18.8 Å². The second-order valence-corrected chi connectivity index (χ2v) is 4.47. The van der Waals surface area contributed by atoms with Gasteiger partial charge in [0.25, 0.3) is 0 Å². The quantitative estimate of drug-likeness (QED) is 0.623. The van der Waals surface area contributed by atoms with Crippen LogP contribution in [0.15, 0.2) is 11.5 Å². The lowest BCUT2D eigenvalue weighted by Gasteiger charge is -2.29. The van der Waals surface area contributed by atoms with Gasteiger partial charge in [-0.1, -0.05) is 6.08 Å². The van der Waals surface area contributed by atoms with Gasteiger partial charge in [-0.2, -0.15) is 5.06 Å². The van der Waals surface area contributed by atoms with E-state index in [1.165, 1.54) is 6.08 Å². The molecule has 0 aromatic heterocycles. The molecule has 2 N–H and O–H groups in total. The molecule has 7 heteroatoms. The summed E-state index contributed by atoms with van der Waals surface area (Å²) in [5, 5.41) is 18.9. The number of rotatable bonds is 1. The molecule has 1 amide bonds. The first kappa shape index (κ1) is 13.0. The van der Waals surface area contributed by atoms with E-state index >= 15 is 0 Å². The predicted molar refractivity (Wildman–Crippen MR) is 57.2 cm³/mol. The van der Waals surface area contributed by atoms with Crippen molar-refractivity contribution >= 4 is 13.2 Å². The highest BCUT2D eigenvalue weighted by Crippen LogP contribution is 2.14. The normalized spacial score (nSPS) is 16.8. The Balaban J connectivity index is 2.57. The number of carbonyl (C=O) groups excluding carboxylic acids is 1. The summed E-state index contributed by atoms with van der Waals surface area (Å²) in [6.45, 7) is 5.34. The van der Waals surface area contributed by atoms with E-state index in [1.54, 1.807) is 20.8 Å². The van der Waals surface area contributed by atoms with Crippen molar-refractivity contribution in [2.24, 2.45) is 0 Å². The molecule has 0 bridgehead atoms. The van der Waals surface area contributed by atoms with Crippen molar-refractivity contribution in [3.8, 4) is 0 Å². The summed E-state index contributed by atoms with van der Waals surface area (Å²) in [6.07, 6.45) is 0.879. The molecule has 0 spiro atoms. The maximum absolute atomic E-state index is 11.6. The Hall–Kier alpha value is -1.05. The summed E-state index contributed by atoms with van der Waals surface area (Å²) >= 11 is 0. The second-order valence-electron chi connectivity index (χ2n) is 4.47. The summed E-state index contributed by atoms with van der Waals surface area (Å²) in [4.78, 5) is 16.6. The van der Waals surface area contributed by atoms with Crippen LogP contribution in [0.25, 0.3) is 0 Å². The molecule has 0 aromatic carbocycles. The Bertz CT molecular complexity index is 297. The SMILES string of the molecule is CC(C)(C)OC(=O)N1CC(B(O)O)=CCO1. The summed E-state index contributed by atoms with van der Waals surface area (Å²) in [5.74, 6) is 0. The Morgan fingerprint density at radius 2 is 2.19 bits per heavy atom. The molecule has 0 fully saturated rings. The average Bonchev–Trinajstić information content (AvgIpc) is 2.15. The van der Waals surface area contributed by atoms with Gasteiger partial charge in [0.15, 0.2) is 0 Å².